The Hall–Kier alpha value is -1.10. The number of nitrogens with one attached hydrogen (secondary N) is 1. The van der Waals surface area contributed by atoms with Crippen molar-refractivity contribution in [1.29, 1.82) is 0 Å². The van der Waals surface area contributed by atoms with Crippen LogP contribution in [0.4, 0.5) is 5.69 Å². The fraction of sp³-hybridized carbons (Fsp3) is 0.600. The van der Waals surface area contributed by atoms with Crippen LogP contribution in [0.3, 0.4) is 0 Å². The second-order valence-corrected chi connectivity index (χ2v) is 5.84. The van der Waals surface area contributed by atoms with E-state index in [1.165, 1.54) is 25.9 Å². The molecule has 4 nitrogen and oxygen atoms in total. The highest BCUT2D eigenvalue weighted by molar-refractivity contribution is 5.39. The third kappa shape index (κ3) is 2.91. The van der Waals surface area contributed by atoms with Crippen molar-refractivity contribution in [2.24, 2.45) is 5.92 Å². The molecule has 1 aromatic rings. The molecule has 4 heteroatoms. The molecule has 0 amide bonds. The molecule has 3 aliphatic heterocycles. The number of piperidine rings is 3. The van der Waals surface area contributed by atoms with Crippen molar-refractivity contribution < 1.29 is 5.11 Å². The quantitative estimate of drug-likeness (QED) is 0.707. The Morgan fingerprint density at radius 3 is 2.53 bits per heavy atom. The molecule has 0 aromatic heterocycles. The Balaban J connectivity index is 1.53. The minimum atomic E-state index is -0.448. The first-order valence-electron chi connectivity index (χ1n) is 7.21. The number of hydrogen-bond donors (Lipinski definition) is 3. The van der Waals surface area contributed by atoms with E-state index in [0.29, 0.717) is 12.6 Å². The number of hydrogen-bond acceptors (Lipinski definition) is 4. The topological polar surface area (TPSA) is 61.5 Å². The van der Waals surface area contributed by atoms with Gasteiger partial charge in [-0.2, -0.15) is 0 Å². The summed E-state index contributed by atoms with van der Waals surface area (Å²) in [4.78, 5) is 2.52. The monoisotopic (exact) mass is 261 g/mol. The van der Waals surface area contributed by atoms with Gasteiger partial charge in [0.05, 0.1) is 6.10 Å². The van der Waals surface area contributed by atoms with Crippen LogP contribution in [0.2, 0.25) is 0 Å². The summed E-state index contributed by atoms with van der Waals surface area (Å²) in [6, 6.07) is 8.03. The molecule has 19 heavy (non-hydrogen) atoms. The van der Waals surface area contributed by atoms with Gasteiger partial charge in [0.1, 0.15) is 0 Å². The zero-order valence-corrected chi connectivity index (χ0v) is 11.3. The van der Waals surface area contributed by atoms with Crippen molar-refractivity contribution in [3.63, 3.8) is 0 Å². The van der Waals surface area contributed by atoms with Gasteiger partial charge in [0.25, 0.3) is 0 Å². The second kappa shape index (κ2) is 5.49. The van der Waals surface area contributed by atoms with Gasteiger partial charge in [-0.15, -0.1) is 0 Å². The molecule has 104 valence electrons. The van der Waals surface area contributed by atoms with Gasteiger partial charge in [0, 0.05) is 24.8 Å². The van der Waals surface area contributed by atoms with Crippen molar-refractivity contribution in [2.45, 2.75) is 25.0 Å². The summed E-state index contributed by atoms with van der Waals surface area (Å²) in [6.45, 7) is 4.27. The van der Waals surface area contributed by atoms with Crippen molar-refractivity contribution in [2.75, 3.05) is 31.9 Å². The number of aliphatic hydroxyl groups excluding tert-OH is 1. The summed E-state index contributed by atoms with van der Waals surface area (Å²) < 4.78 is 0. The molecule has 3 heterocycles. The SMILES string of the molecule is Nc1ccc([C@H](O)CN[C@@H]2CN3CCC2CC3)cc1. The zero-order chi connectivity index (χ0) is 13.2. The lowest BCUT2D eigenvalue weighted by molar-refractivity contribution is 0.0635. The van der Waals surface area contributed by atoms with Crippen LogP contribution in [0.15, 0.2) is 24.3 Å². The third-order valence-electron chi connectivity index (χ3n) is 4.55. The van der Waals surface area contributed by atoms with Gasteiger partial charge in [-0.25, -0.2) is 0 Å². The van der Waals surface area contributed by atoms with Gasteiger partial charge in [-0.1, -0.05) is 12.1 Å². The first-order valence-corrected chi connectivity index (χ1v) is 7.21. The molecule has 0 unspecified atom stereocenters. The van der Waals surface area contributed by atoms with Gasteiger partial charge < -0.3 is 21.1 Å². The van der Waals surface area contributed by atoms with Gasteiger partial charge in [0.15, 0.2) is 0 Å². The van der Waals surface area contributed by atoms with E-state index < -0.39 is 6.10 Å². The summed E-state index contributed by atoms with van der Waals surface area (Å²) >= 11 is 0. The van der Waals surface area contributed by atoms with E-state index >= 15 is 0 Å². The standard InChI is InChI=1S/C15H23N3O/c16-13-3-1-12(2-4-13)15(19)9-17-14-10-18-7-5-11(14)6-8-18/h1-4,11,14-15,17,19H,5-10,16H2/t14-,15-/m1/s1. The normalized spacial score (nSPS) is 31.3. The Labute approximate surface area is 114 Å². The lowest BCUT2D eigenvalue weighted by atomic mass is 9.84. The number of benzene rings is 1. The molecule has 0 saturated carbocycles. The molecule has 2 bridgehead atoms. The van der Waals surface area contributed by atoms with Crippen LogP contribution in [-0.4, -0.2) is 42.2 Å². The second-order valence-electron chi connectivity index (χ2n) is 5.84. The molecule has 0 radical (unpaired) electrons. The van der Waals surface area contributed by atoms with Gasteiger partial charge in [-0.05, 0) is 49.5 Å². The molecular weight excluding hydrogens is 238 g/mol. The highest BCUT2D eigenvalue weighted by Crippen LogP contribution is 2.27. The number of aliphatic hydroxyl groups is 1. The number of rotatable bonds is 4. The van der Waals surface area contributed by atoms with Crippen LogP contribution in [0.5, 0.6) is 0 Å². The number of nitrogens with two attached hydrogens (primary N) is 1. The first-order chi connectivity index (χ1) is 9.22. The lowest BCUT2D eigenvalue weighted by Gasteiger charge is -2.45. The lowest BCUT2D eigenvalue weighted by Crippen LogP contribution is -2.56. The summed E-state index contributed by atoms with van der Waals surface area (Å²) in [5.41, 5.74) is 7.33. The highest BCUT2D eigenvalue weighted by atomic mass is 16.3. The molecular formula is C15H23N3O. The predicted octanol–water partition coefficient (Wildman–Crippen LogP) is 0.986. The van der Waals surface area contributed by atoms with Gasteiger partial charge >= 0.3 is 0 Å². The van der Waals surface area contributed by atoms with Crippen molar-refractivity contribution in [1.82, 2.24) is 10.2 Å². The van der Waals surface area contributed by atoms with E-state index in [1.807, 2.05) is 24.3 Å². The molecule has 4 rings (SSSR count). The fourth-order valence-electron chi connectivity index (χ4n) is 3.30. The van der Waals surface area contributed by atoms with Crippen molar-refractivity contribution >= 4 is 5.69 Å². The molecule has 3 fully saturated rings. The van der Waals surface area contributed by atoms with E-state index in [0.717, 1.165) is 23.7 Å². The van der Waals surface area contributed by atoms with E-state index in [9.17, 15) is 5.11 Å². The maximum Gasteiger partial charge on any atom is 0.0914 e. The fourth-order valence-corrected chi connectivity index (χ4v) is 3.30. The average molecular weight is 261 g/mol. The third-order valence-corrected chi connectivity index (χ3v) is 4.55. The van der Waals surface area contributed by atoms with E-state index in [-0.39, 0.29) is 0 Å². The molecule has 3 aliphatic rings. The molecule has 1 aromatic carbocycles. The molecule has 4 N–H and O–H groups in total. The summed E-state index contributed by atoms with van der Waals surface area (Å²) in [7, 11) is 0. The van der Waals surface area contributed by atoms with Crippen molar-refractivity contribution in [3.8, 4) is 0 Å². The van der Waals surface area contributed by atoms with E-state index in [2.05, 4.69) is 10.2 Å². The molecule has 0 aliphatic carbocycles. The van der Waals surface area contributed by atoms with Gasteiger partial charge in [-0.3, -0.25) is 0 Å². The zero-order valence-electron chi connectivity index (χ0n) is 11.3. The van der Waals surface area contributed by atoms with E-state index in [4.69, 9.17) is 5.73 Å². The summed E-state index contributed by atoms with van der Waals surface area (Å²) in [5.74, 6) is 0.795. The maximum absolute atomic E-state index is 10.2. The Morgan fingerprint density at radius 1 is 1.26 bits per heavy atom. The maximum atomic E-state index is 10.2. The summed E-state index contributed by atoms with van der Waals surface area (Å²) in [5, 5.41) is 13.7. The molecule has 0 spiro atoms. The van der Waals surface area contributed by atoms with Crippen LogP contribution in [0.1, 0.15) is 24.5 Å². The van der Waals surface area contributed by atoms with Crippen LogP contribution >= 0.6 is 0 Å². The van der Waals surface area contributed by atoms with Crippen LogP contribution < -0.4 is 11.1 Å². The average Bonchev–Trinajstić information content (AvgIpc) is 2.47. The van der Waals surface area contributed by atoms with Crippen LogP contribution in [0, 0.1) is 5.92 Å². The number of anilines is 1. The van der Waals surface area contributed by atoms with Crippen molar-refractivity contribution in [3.05, 3.63) is 29.8 Å². The molecule has 2 atom stereocenters. The number of fused-ring (bicyclic) bond motifs is 3. The van der Waals surface area contributed by atoms with Crippen LogP contribution in [0.25, 0.3) is 0 Å². The first kappa shape index (κ1) is 12.9. The Bertz CT molecular complexity index is 412. The summed E-state index contributed by atoms with van der Waals surface area (Å²) in [6.07, 6.45) is 2.15. The van der Waals surface area contributed by atoms with E-state index in [1.54, 1.807) is 0 Å². The number of nitrogen functional groups attached to an aromatic ring is 1. The minimum absolute atomic E-state index is 0.448. The number of nitrogens with zero attached hydrogens (tertiary/aromatic N) is 1. The van der Waals surface area contributed by atoms with Crippen LogP contribution in [-0.2, 0) is 0 Å². The minimum Gasteiger partial charge on any atom is -0.399 e. The Kier molecular flexibility index (Phi) is 3.73. The van der Waals surface area contributed by atoms with Gasteiger partial charge in [0.2, 0.25) is 0 Å². The largest absolute Gasteiger partial charge is 0.399 e. The smallest absolute Gasteiger partial charge is 0.0914 e. The Morgan fingerprint density at radius 2 is 1.95 bits per heavy atom. The molecule has 3 saturated heterocycles. The highest BCUT2D eigenvalue weighted by Gasteiger charge is 2.33. The predicted molar refractivity (Wildman–Crippen MR) is 76.8 cm³/mol.